The number of aromatic nitrogens is 2. The van der Waals surface area contributed by atoms with Crippen LogP contribution in [0.4, 0.5) is 34.9 Å². The van der Waals surface area contributed by atoms with Crippen molar-refractivity contribution in [3.05, 3.63) is 35.4 Å². The van der Waals surface area contributed by atoms with Crippen molar-refractivity contribution in [2.75, 3.05) is 35.6 Å². The van der Waals surface area contributed by atoms with Crippen LogP contribution in [0.15, 0.2) is 24.5 Å². The maximum absolute atomic E-state index is 14.6. The highest BCUT2D eigenvalue weighted by Gasteiger charge is 2.42. The first kappa shape index (κ1) is 26.5. The quantitative estimate of drug-likeness (QED) is 0.471. The highest BCUT2D eigenvalue weighted by molar-refractivity contribution is 6.31. The minimum Gasteiger partial charge on any atom is -0.406 e. The van der Waals surface area contributed by atoms with Crippen molar-refractivity contribution < 1.29 is 31.9 Å². The van der Waals surface area contributed by atoms with Crippen LogP contribution in [0.1, 0.15) is 19.3 Å². The molecular formula is C22H24ClF4N7O3. The van der Waals surface area contributed by atoms with Crippen molar-refractivity contribution in [1.82, 2.24) is 14.9 Å². The predicted molar refractivity (Wildman–Crippen MR) is 126 cm³/mol. The van der Waals surface area contributed by atoms with Crippen molar-refractivity contribution >= 4 is 40.7 Å². The number of ether oxygens (including phenoxy) is 1. The van der Waals surface area contributed by atoms with Crippen LogP contribution < -0.4 is 26.4 Å². The molecule has 1 aromatic carbocycles. The van der Waals surface area contributed by atoms with Gasteiger partial charge in [-0.3, -0.25) is 9.59 Å². The second-order valence-corrected chi connectivity index (χ2v) is 9.24. The Labute approximate surface area is 213 Å². The minimum absolute atomic E-state index is 0.0211. The largest absolute Gasteiger partial charge is 0.573 e. The molecule has 1 aromatic heterocycles. The Morgan fingerprint density at radius 2 is 1.95 bits per heavy atom. The smallest absolute Gasteiger partial charge is 0.406 e. The molecule has 200 valence electrons. The number of halogens is 5. The summed E-state index contributed by atoms with van der Waals surface area (Å²) in [4.78, 5) is 36.4. The summed E-state index contributed by atoms with van der Waals surface area (Å²) in [5.74, 6) is -3.39. The van der Waals surface area contributed by atoms with Gasteiger partial charge >= 0.3 is 6.36 Å². The van der Waals surface area contributed by atoms with Crippen LogP contribution >= 0.6 is 11.6 Å². The molecule has 0 saturated carbocycles. The number of carbonyl (C=O) groups excluding carboxylic acids is 2. The number of alkyl halides is 3. The van der Waals surface area contributed by atoms with Crippen molar-refractivity contribution in [2.24, 2.45) is 11.7 Å². The lowest BCUT2D eigenvalue weighted by atomic mass is 9.87. The Kier molecular flexibility index (Phi) is 7.48. The van der Waals surface area contributed by atoms with E-state index in [1.807, 2.05) is 0 Å². The van der Waals surface area contributed by atoms with E-state index >= 15 is 0 Å². The maximum Gasteiger partial charge on any atom is 0.573 e. The van der Waals surface area contributed by atoms with Gasteiger partial charge in [0.2, 0.25) is 17.6 Å². The Morgan fingerprint density at radius 3 is 2.65 bits per heavy atom. The number of anilines is 3. The topological polar surface area (TPSA) is 140 Å². The summed E-state index contributed by atoms with van der Waals surface area (Å²) in [6, 6.07) is 1.95. The summed E-state index contributed by atoms with van der Waals surface area (Å²) in [6.07, 6.45) is -2.63. The number of piperidine rings is 2. The van der Waals surface area contributed by atoms with Crippen molar-refractivity contribution in [1.29, 1.82) is 0 Å². The van der Waals surface area contributed by atoms with Crippen LogP contribution in [0.5, 0.6) is 5.75 Å². The molecule has 2 aromatic rings. The number of rotatable bonds is 6. The Balaban J connectivity index is 1.55. The number of carbonyl (C=O) groups is 2. The SMILES string of the molecule is NC(=O)C1CCN(c2ncnc(N)c2F)C[C@@H]1N1CCC[C@H](Nc2cc(Cl)cc(OC(F)(F)F)c2)C1=O. The molecule has 2 aliphatic heterocycles. The predicted octanol–water partition coefficient (Wildman–Crippen LogP) is 2.53. The molecule has 2 aliphatic rings. The molecule has 10 nitrogen and oxygen atoms in total. The second kappa shape index (κ2) is 10.4. The lowest BCUT2D eigenvalue weighted by Gasteiger charge is -2.46. The van der Waals surface area contributed by atoms with Gasteiger partial charge in [-0.05, 0) is 31.4 Å². The number of nitrogens with zero attached hydrogens (tertiary/aromatic N) is 4. The van der Waals surface area contributed by atoms with Gasteiger partial charge in [0.25, 0.3) is 0 Å². The number of hydrogen-bond acceptors (Lipinski definition) is 8. The highest BCUT2D eigenvalue weighted by Crippen LogP contribution is 2.33. The average Bonchev–Trinajstić information content (AvgIpc) is 2.80. The van der Waals surface area contributed by atoms with Crippen molar-refractivity contribution in [3.8, 4) is 5.75 Å². The van der Waals surface area contributed by atoms with E-state index in [-0.39, 0.29) is 47.8 Å². The number of hydrogen-bond donors (Lipinski definition) is 3. The molecule has 0 radical (unpaired) electrons. The van der Waals surface area contributed by atoms with Crippen LogP contribution in [0, 0.1) is 11.7 Å². The average molecular weight is 546 g/mol. The third-order valence-electron chi connectivity index (χ3n) is 6.36. The first-order valence-electron chi connectivity index (χ1n) is 11.4. The molecule has 0 bridgehead atoms. The molecule has 2 amide bonds. The van der Waals surface area contributed by atoms with E-state index in [4.69, 9.17) is 23.1 Å². The van der Waals surface area contributed by atoms with Gasteiger partial charge in [-0.15, -0.1) is 13.2 Å². The number of nitrogens with one attached hydrogen (secondary N) is 1. The molecule has 3 atom stereocenters. The summed E-state index contributed by atoms with van der Waals surface area (Å²) in [7, 11) is 0. The standard InChI is InChI=1S/C22H24ClF4N7O3/c23-11-6-12(8-13(7-11)37-22(25,26)27)32-15-2-1-4-34(21(15)36)16-9-33(5-3-14(16)19(29)35)20-17(24)18(28)30-10-31-20/h6-8,10,14-16,32H,1-5,9H2,(H2,29,35)(H2,28,30,31)/t14?,15-,16-/m0/s1. The second-order valence-electron chi connectivity index (χ2n) is 8.80. The van der Waals surface area contributed by atoms with Gasteiger partial charge in [0.1, 0.15) is 18.1 Å². The Hall–Kier alpha value is -3.55. The monoisotopic (exact) mass is 545 g/mol. The fourth-order valence-corrected chi connectivity index (χ4v) is 4.99. The van der Waals surface area contributed by atoms with Gasteiger partial charge in [-0.25, -0.2) is 9.97 Å². The third-order valence-corrected chi connectivity index (χ3v) is 6.58. The van der Waals surface area contributed by atoms with E-state index in [1.54, 1.807) is 4.90 Å². The first-order chi connectivity index (χ1) is 17.4. The number of nitrogens with two attached hydrogens (primary N) is 2. The van der Waals surface area contributed by atoms with E-state index in [0.717, 1.165) is 18.5 Å². The van der Waals surface area contributed by atoms with Crippen LogP contribution in [0.3, 0.4) is 0 Å². The van der Waals surface area contributed by atoms with E-state index < -0.39 is 41.8 Å². The number of amides is 2. The number of nitrogen functional groups attached to an aromatic ring is 1. The van der Waals surface area contributed by atoms with Gasteiger partial charge in [0, 0.05) is 36.4 Å². The maximum atomic E-state index is 14.6. The molecule has 2 saturated heterocycles. The zero-order valence-corrected chi connectivity index (χ0v) is 20.1. The Morgan fingerprint density at radius 1 is 1.19 bits per heavy atom. The molecule has 0 aliphatic carbocycles. The molecule has 37 heavy (non-hydrogen) atoms. The zero-order valence-electron chi connectivity index (χ0n) is 19.3. The lowest BCUT2D eigenvalue weighted by Crippen LogP contribution is -2.61. The fraction of sp³-hybridized carbons (Fsp3) is 0.455. The summed E-state index contributed by atoms with van der Waals surface area (Å²) < 4.78 is 56.5. The fourth-order valence-electron chi connectivity index (χ4n) is 4.77. The van der Waals surface area contributed by atoms with E-state index in [2.05, 4.69) is 20.0 Å². The van der Waals surface area contributed by atoms with E-state index in [0.29, 0.717) is 19.4 Å². The van der Waals surface area contributed by atoms with Crippen LogP contribution in [-0.2, 0) is 9.59 Å². The van der Waals surface area contributed by atoms with Gasteiger partial charge < -0.3 is 31.3 Å². The first-order valence-corrected chi connectivity index (χ1v) is 11.7. The summed E-state index contributed by atoms with van der Waals surface area (Å²) in [6.45, 7) is 0.636. The molecule has 0 spiro atoms. The summed E-state index contributed by atoms with van der Waals surface area (Å²) in [5.41, 5.74) is 11.4. The van der Waals surface area contributed by atoms with Crippen LogP contribution in [0.25, 0.3) is 0 Å². The zero-order chi connectivity index (χ0) is 26.9. The third kappa shape index (κ3) is 6.06. The number of likely N-dealkylation sites (tertiary alicyclic amines) is 1. The summed E-state index contributed by atoms with van der Waals surface area (Å²) >= 11 is 5.95. The Bertz CT molecular complexity index is 1190. The van der Waals surface area contributed by atoms with E-state index in [1.165, 1.54) is 11.0 Å². The van der Waals surface area contributed by atoms with Crippen LogP contribution in [0.2, 0.25) is 5.02 Å². The molecular weight excluding hydrogens is 522 g/mol. The minimum atomic E-state index is -4.91. The summed E-state index contributed by atoms with van der Waals surface area (Å²) in [5, 5.41) is 2.90. The molecule has 2 fully saturated rings. The lowest BCUT2D eigenvalue weighted by molar-refractivity contribution is -0.274. The van der Waals surface area contributed by atoms with Crippen molar-refractivity contribution in [2.45, 2.75) is 37.7 Å². The van der Waals surface area contributed by atoms with Crippen LogP contribution in [-0.4, -0.2) is 64.8 Å². The molecule has 4 rings (SSSR count). The molecule has 3 heterocycles. The normalized spacial score (nSPS) is 22.6. The molecule has 1 unspecified atom stereocenters. The van der Waals surface area contributed by atoms with E-state index in [9.17, 15) is 27.2 Å². The van der Waals surface area contributed by atoms with Crippen molar-refractivity contribution in [3.63, 3.8) is 0 Å². The number of primary amides is 1. The van der Waals surface area contributed by atoms with Gasteiger partial charge in [-0.1, -0.05) is 11.6 Å². The van der Waals surface area contributed by atoms with Gasteiger partial charge in [0.05, 0.1) is 12.0 Å². The van der Waals surface area contributed by atoms with Gasteiger partial charge in [-0.2, -0.15) is 4.39 Å². The molecule has 15 heteroatoms. The highest BCUT2D eigenvalue weighted by atomic mass is 35.5. The molecule has 5 N–H and O–H groups in total. The van der Waals surface area contributed by atoms with Gasteiger partial charge in [0.15, 0.2) is 11.6 Å². The number of benzene rings is 1.